The maximum Gasteiger partial charge on any atom is 0.194 e. The molecule has 1 aliphatic heterocycles. The van der Waals surface area contributed by atoms with E-state index in [1.807, 2.05) is 23.8 Å². The summed E-state index contributed by atoms with van der Waals surface area (Å²) in [4.78, 5) is 5.99. The average molecular weight is 487 g/mol. The lowest BCUT2D eigenvalue weighted by Crippen LogP contribution is -2.41. The van der Waals surface area contributed by atoms with Crippen molar-refractivity contribution in [2.24, 2.45) is 0 Å². The molecule has 0 saturated heterocycles. The highest BCUT2D eigenvalue weighted by molar-refractivity contribution is 5.92. The third-order valence-electron chi connectivity index (χ3n) is 6.64. The number of ether oxygens (including phenoxy) is 1. The molecule has 2 heterocycles. The normalized spacial score (nSPS) is 18.7. The summed E-state index contributed by atoms with van der Waals surface area (Å²) in [5, 5.41) is 19.4. The number of allylic oxidation sites excluding steroid dienone is 4. The Hall–Kier alpha value is -3.33. The average Bonchev–Trinajstić information content (AvgIpc) is 3.18. The molecule has 0 amide bonds. The number of hydrogen-bond donors (Lipinski definition) is 2. The van der Waals surface area contributed by atoms with Crippen LogP contribution in [0.15, 0.2) is 53.7 Å². The minimum absolute atomic E-state index is 0.0673. The number of halogens is 3. The highest BCUT2D eigenvalue weighted by atomic mass is 19.2. The van der Waals surface area contributed by atoms with Crippen LogP contribution in [0.2, 0.25) is 0 Å². The van der Waals surface area contributed by atoms with Crippen LogP contribution < -0.4 is 0 Å². The van der Waals surface area contributed by atoms with Gasteiger partial charge in [0.25, 0.3) is 0 Å². The van der Waals surface area contributed by atoms with Crippen molar-refractivity contribution in [3.63, 3.8) is 0 Å². The standard InChI is InChI=1S/C26H29F3N4O2/c1-15-13-32(14-31-15)22-7-6-18(11-23(22)35-3)17-5-4-8-33(24(30)12-17)16(2)26(34)19-9-20(27)25(29)21(28)10-19/h9-14,16,26,30,34H,4-8H2,1-3H3. The predicted molar refractivity (Wildman–Crippen MR) is 127 cm³/mol. The van der Waals surface area contributed by atoms with Gasteiger partial charge >= 0.3 is 0 Å². The second-order valence-corrected chi connectivity index (χ2v) is 8.94. The first kappa shape index (κ1) is 24.8. The zero-order valence-corrected chi connectivity index (χ0v) is 20.0. The van der Waals surface area contributed by atoms with Crippen LogP contribution in [0.1, 0.15) is 50.0 Å². The van der Waals surface area contributed by atoms with Gasteiger partial charge in [0.2, 0.25) is 0 Å². The summed E-state index contributed by atoms with van der Waals surface area (Å²) in [5.74, 6) is -3.32. The molecule has 6 nitrogen and oxygen atoms in total. The van der Waals surface area contributed by atoms with Gasteiger partial charge in [-0.15, -0.1) is 0 Å². The molecule has 0 spiro atoms. The van der Waals surface area contributed by atoms with Crippen molar-refractivity contribution in [3.8, 4) is 0 Å². The van der Waals surface area contributed by atoms with E-state index >= 15 is 0 Å². The summed E-state index contributed by atoms with van der Waals surface area (Å²) in [6.07, 6.45) is 9.23. The van der Waals surface area contributed by atoms with Gasteiger partial charge in [0.15, 0.2) is 17.5 Å². The van der Waals surface area contributed by atoms with Gasteiger partial charge in [-0.3, -0.25) is 5.41 Å². The van der Waals surface area contributed by atoms with Crippen molar-refractivity contribution >= 4 is 11.5 Å². The summed E-state index contributed by atoms with van der Waals surface area (Å²) >= 11 is 0. The van der Waals surface area contributed by atoms with Crippen molar-refractivity contribution in [2.45, 2.75) is 51.7 Å². The van der Waals surface area contributed by atoms with Crippen LogP contribution in [0.4, 0.5) is 13.2 Å². The first-order valence-electron chi connectivity index (χ1n) is 11.6. The fourth-order valence-corrected chi connectivity index (χ4v) is 4.70. The van der Waals surface area contributed by atoms with E-state index in [1.54, 1.807) is 31.3 Å². The summed E-state index contributed by atoms with van der Waals surface area (Å²) in [6, 6.07) is 0.952. The Bertz CT molecular complexity index is 1210. The van der Waals surface area contributed by atoms with E-state index in [1.165, 1.54) is 0 Å². The number of methoxy groups -OCH3 is 1. The molecule has 2 atom stereocenters. The van der Waals surface area contributed by atoms with Crippen molar-refractivity contribution < 1.29 is 23.0 Å². The Morgan fingerprint density at radius 3 is 2.40 bits per heavy atom. The number of nitrogens with zero attached hydrogens (tertiary/aromatic N) is 3. The molecule has 1 aromatic carbocycles. The molecule has 186 valence electrons. The van der Waals surface area contributed by atoms with E-state index in [-0.39, 0.29) is 11.4 Å². The Kier molecular flexibility index (Phi) is 7.16. The third-order valence-corrected chi connectivity index (χ3v) is 6.64. The first-order chi connectivity index (χ1) is 16.7. The zero-order valence-electron chi connectivity index (χ0n) is 20.0. The van der Waals surface area contributed by atoms with Gasteiger partial charge in [-0.1, -0.05) is 0 Å². The number of amidine groups is 1. The van der Waals surface area contributed by atoms with Crippen LogP contribution in [-0.4, -0.2) is 45.1 Å². The smallest absolute Gasteiger partial charge is 0.194 e. The van der Waals surface area contributed by atoms with Crippen LogP contribution in [0, 0.1) is 29.8 Å². The molecule has 9 heteroatoms. The number of aromatic nitrogens is 2. The molecule has 35 heavy (non-hydrogen) atoms. The lowest BCUT2D eigenvalue weighted by molar-refractivity contribution is 0.0925. The van der Waals surface area contributed by atoms with Crippen LogP contribution in [0.3, 0.4) is 0 Å². The molecule has 0 radical (unpaired) electrons. The maximum atomic E-state index is 13.7. The second kappa shape index (κ2) is 10.1. The van der Waals surface area contributed by atoms with E-state index in [2.05, 4.69) is 4.98 Å². The van der Waals surface area contributed by atoms with Gasteiger partial charge < -0.3 is 19.3 Å². The van der Waals surface area contributed by atoms with E-state index in [9.17, 15) is 18.3 Å². The van der Waals surface area contributed by atoms with Crippen LogP contribution in [0.5, 0.6) is 0 Å². The molecular weight excluding hydrogens is 457 g/mol. The molecule has 4 rings (SSSR count). The highest BCUT2D eigenvalue weighted by Gasteiger charge is 2.28. The molecule has 2 N–H and O–H groups in total. The molecule has 2 aliphatic rings. The predicted octanol–water partition coefficient (Wildman–Crippen LogP) is 5.27. The molecule has 1 aliphatic carbocycles. The largest absolute Gasteiger partial charge is 0.495 e. The Morgan fingerprint density at radius 2 is 1.77 bits per heavy atom. The fraction of sp³-hybridized carbons (Fsp3) is 0.385. The van der Waals surface area contributed by atoms with Crippen molar-refractivity contribution in [1.82, 2.24) is 14.5 Å². The van der Waals surface area contributed by atoms with Crippen LogP contribution in [-0.2, 0) is 4.74 Å². The first-order valence-corrected chi connectivity index (χ1v) is 11.6. The number of aliphatic hydroxyl groups is 1. The van der Waals surface area contributed by atoms with E-state index in [0.29, 0.717) is 6.54 Å². The van der Waals surface area contributed by atoms with Crippen molar-refractivity contribution in [3.05, 3.63) is 82.4 Å². The number of nitrogens with one attached hydrogen (secondary N) is 1. The Morgan fingerprint density at radius 1 is 1.09 bits per heavy atom. The third kappa shape index (κ3) is 5.05. The molecule has 1 aromatic heterocycles. The van der Waals surface area contributed by atoms with Crippen LogP contribution in [0.25, 0.3) is 5.70 Å². The molecular formula is C26H29F3N4O2. The number of rotatable bonds is 6. The topological polar surface area (TPSA) is 74.4 Å². The second-order valence-electron chi connectivity index (χ2n) is 8.94. The fourth-order valence-electron chi connectivity index (χ4n) is 4.70. The van der Waals surface area contributed by atoms with E-state index < -0.39 is 29.6 Å². The monoisotopic (exact) mass is 486 g/mol. The quantitative estimate of drug-likeness (QED) is 0.546. The highest BCUT2D eigenvalue weighted by Crippen LogP contribution is 2.34. The number of imidazole rings is 1. The van der Waals surface area contributed by atoms with Crippen molar-refractivity contribution in [1.29, 1.82) is 5.41 Å². The summed E-state index contributed by atoms with van der Waals surface area (Å²) in [6.45, 7) is 4.10. The Labute approximate surface area is 202 Å². The van der Waals surface area contributed by atoms with Gasteiger partial charge in [0, 0.05) is 12.7 Å². The maximum absolute atomic E-state index is 13.7. The number of aliphatic hydroxyl groups excluding tert-OH is 1. The van der Waals surface area contributed by atoms with Crippen LogP contribution >= 0.6 is 0 Å². The van der Waals surface area contributed by atoms with Gasteiger partial charge in [-0.2, -0.15) is 0 Å². The van der Waals surface area contributed by atoms with Gasteiger partial charge in [-0.25, -0.2) is 18.2 Å². The molecule has 2 unspecified atom stereocenters. The minimum Gasteiger partial charge on any atom is -0.495 e. The van der Waals surface area contributed by atoms with Gasteiger partial charge in [-0.05, 0) is 80.5 Å². The lowest BCUT2D eigenvalue weighted by atomic mass is 9.92. The number of hydrogen-bond acceptors (Lipinski definition) is 4. The van der Waals surface area contributed by atoms with Gasteiger partial charge in [0.05, 0.1) is 37.0 Å². The minimum atomic E-state index is -1.57. The number of benzene rings is 1. The van der Waals surface area contributed by atoms with Gasteiger partial charge in [0.1, 0.15) is 11.6 Å². The summed E-state index contributed by atoms with van der Waals surface area (Å²) < 4.78 is 48.3. The zero-order chi connectivity index (χ0) is 25.3. The lowest BCUT2D eigenvalue weighted by Gasteiger charge is -2.33. The van der Waals surface area contributed by atoms with E-state index in [4.69, 9.17) is 10.1 Å². The summed E-state index contributed by atoms with van der Waals surface area (Å²) in [7, 11) is 1.63. The molecule has 0 saturated carbocycles. The molecule has 0 fully saturated rings. The molecule has 0 bridgehead atoms. The summed E-state index contributed by atoms with van der Waals surface area (Å²) in [5.41, 5.74) is 3.99. The van der Waals surface area contributed by atoms with E-state index in [0.717, 1.165) is 66.1 Å². The number of aryl methyl sites for hydroxylation is 1. The SMILES string of the molecule is COC1=C(n2cnc(C)c2)CCC(C2=CC(=N)N(C(C)C(O)c3cc(F)c(F)c(F)c3)CCC2)=C1. The Balaban J connectivity index is 1.56. The molecule has 2 aromatic rings. The van der Waals surface area contributed by atoms with Crippen molar-refractivity contribution in [2.75, 3.05) is 13.7 Å².